The minimum absolute atomic E-state index is 0.558. The number of halogens is 1. The molecule has 23 heavy (non-hydrogen) atoms. The second kappa shape index (κ2) is 7.30. The molecule has 3 aromatic rings. The van der Waals surface area contributed by atoms with E-state index < -0.39 is 0 Å². The van der Waals surface area contributed by atoms with Crippen molar-refractivity contribution in [3.63, 3.8) is 0 Å². The van der Waals surface area contributed by atoms with Crippen molar-refractivity contribution in [3.8, 4) is 5.69 Å². The second-order valence-electron chi connectivity index (χ2n) is 5.39. The van der Waals surface area contributed by atoms with Gasteiger partial charge in [0.25, 0.3) is 0 Å². The normalized spacial score (nSPS) is 11.2. The Morgan fingerprint density at radius 1 is 1.00 bits per heavy atom. The lowest BCUT2D eigenvalue weighted by Gasteiger charge is -2.10. The molecule has 0 aliphatic rings. The lowest BCUT2D eigenvalue weighted by Crippen LogP contribution is -1.97. The van der Waals surface area contributed by atoms with Gasteiger partial charge in [-0.1, -0.05) is 48.9 Å². The summed E-state index contributed by atoms with van der Waals surface area (Å²) in [6.45, 7) is 2.71. The number of aryl methyl sites for hydroxylation is 1. The van der Waals surface area contributed by atoms with Gasteiger partial charge in [0.1, 0.15) is 0 Å². The smallest absolute Gasteiger partial charge is 0.0675 e. The lowest BCUT2D eigenvalue weighted by molar-refractivity contribution is 0.995. The Labute approximate surface area is 142 Å². The monoisotopic (exact) mass is 322 g/mol. The van der Waals surface area contributed by atoms with Crippen LogP contribution in [0.3, 0.4) is 0 Å². The van der Waals surface area contributed by atoms with Crippen LogP contribution in [0.25, 0.3) is 5.69 Å². The molecule has 0 aliphatic heterocycles. The van der Waals surface area contributed by atoms with Crippen molar-refractivity contribution >= 4 is 17.8 Å². The maximum atomic E-state index is 6.38. The first kappa shape index (κ1) is 15.6. The highest BCUT2D eigenvalue weighted by molar-refractivity contribution is 6.31. The molecule has 0 saturated heterocycles. The van der Waals surface area contributed by atoms with E-state index in [0.717, 1.165) is 28.3 Å². The van der Waals surface area contributed by atoms with Gasteiger partial charge in [-0.2, -0.15) is 0 Å². The molecule has 0 N–H and O–H groups in total. The van der Waals surface area contributed by atoms with Crippen LogP contribution in [0, 0.1) is 0 Å². The molecule has 3 heteroatoms. The maximum absolute atomic E-state index is 6.38. The molecule has 0 atom stereocenters. The van der Waals surface area contributed by atoms with Crippen molar-refractivity contribution in [1.82, 2.24) is 4.57 Å². The SMILES string of the molecule is CCc1ccc(C=NCc2c(Cl)cccc2-n2cccc2)cc1. The Hall–Kier alpha value is -2.32. The van der Waals surface area contributed by atoms with E-state index in [9.17, 15) is 0 Å². The van der Waals surface area contributed by atoms with Gasteiger partial charge in [0, 0.05) is 29.2 Å². The van der Waals surface area contributed by atoms with Gasteiger partial charge in [-0.25, -0.2) is 0 Å². The van der Waals surface area contributed by atoms with Crippen LogP contribution in [0.2, 0.25) is 5.02 Å². The van der Waals surface area contributed by atoms with Crippen molar-refractivity contribution in [2.75, 3.05) is 0 Å². The fourth-order valence-corrected chi connectivity index (χ4v) is 2.75. The molecule has 116 valence electrons. The topological polar surface area (TPSA) is 17.3 Å². The molecule has 0 fully saturated rings. The van der Waals surface area contributed by atoms with Crippen molar-refractivity contribution in [2.24, 2.45) is 4.99 Å². The number of aliphatic imine (C=N–C) groups is 1. The van der Waals surface area contributed by atoms with Crippen LogP contribution < -0.4 is 0 Å². The van der Waals surface area contributed by atoms with Crippen LogP contribution in [0.15, 0.2) is 72.0 Å². The van der Waals surface area contributed by atoms with Crippen LogP contribution in [-0.2, 0) is 13.0 Å². The van der Waals surface area contributed by atoms with E-state index in [1.165, 1.54) is 5.56 Å². The summed E-state index contributed by atoms with van der Waals surface area (Å²) in [6, 6.07) is 18.4. The third-order valence-electron chi connectivity index (χ3n) is 3.85. The fraction of sp³-hybridized carbons (Fsp3) is 0.150. The summed E-state index contributed by atoms with van der Waals surface area (Å²) in [6.07, 6.45) is 6.99. The predicted molar refractivity (Wildman–Crippen MR) is 97.9 cm³/mol. The van der Waals surface area contributed by atoms with E-state index in [0.29, 0.717) is 6.54 Å². The molecule has 3 rings (SSSR count). The highest BCUT2D eigenvalue weighted by Gasteiger charge is 2.07. The van der Waals surface area contributed by atoms with E-state index in [-0.39, 0.29) is 0 Å². The Kier molecular flexibility index (Phi) is 4.94. The van der Waals surface area contributed by atoms with E-state index in [1.54, 1.807) is 0 Å². The zero-order chi connectivity index (χ0) is 16.1. The Morgan fingerprint density at radius 3 is 2.43 bits per heavy atom. The maximum Gasteiger partial charge on any atom is 0.0675 e. The first-order chi connectivity index (χ1) is 11.3. The molecule has 0 spiro atoms. The van der Waals surface area contributed by atoms with Crippen molar-refractivity contribution in [1.29, 1.82) is 0 Å². The molecule has 0 bridgehead atoms. The van der Waals surface area contributed by atoms with Crippen LogP contribution in [-0.4, -0.2) is 10.8 Å². The number of nitrogens with zero attached hydrogens (tertiary/aromatic N) is 2. The minimum atomic E-state index is 0.558. The van der Waals surface area contributed by atoms with Crippen molar-refractivity contribution in [2.45, 2.75) is 19.9 Å². The van der Waals surface area contributed by atoms with Crippen LogP contribution in [0.5, 0.6) is 0 Å². The first-order valence-corrected chi connectivity index (χ1v) is 8.15. The molecule has 0 amide bonds. The van der Waals surface area contributed by atoms with E-state index in [2.05, 4.69) is 46.8 Å². The summed E-state index contributed by atoms with van der Waals surface area (Å²) >= 11 is 6.38. The van der Waals surface area contributed by atoms with Crippen LogP contribution in [0.4, 0.5) is 0 Å². The number of benzene rings is 2. The van der Waals surface area contributed by atoms with E-state index >= 15 is 0 Å². The molecule has 2 aromatic carbocycles. The average molecular weight is 323 g/mol. The molecular weight excluding hydrogens is 304 g/mol. The average Bonchev–Trinajstić information content (AvgIpc) is 3.11. The first-order valence-electron chi connectivity index (χ1n) is 7.77. The highest BCUT2D eigenvalue weighted by atomic mass is 35.5. The quantitative estimate of drug-likeness (QED) is 0.566. The van der Waals surface area contributed by atoms with Gasteiger partial charge in [-0.05, 0) is 41.8 Å². The second-order valence-corrected chi connectivity index (χ2v) is 5.80. The lowest BCUT2D eigenvalue weighted by atomic mass is 10.1. The standard InChI is InChI=1S/C20H19ClN2/c1-2-16-8-10-17(11-9-16)14-22-15-18-19(21)6-5-7-20(18)23-12-3-4-13-23/h3-14H,2,15H2,1H3. The zero-order valence-corrected chi connectivity index (χ0v) is 13.9. The van der Waals surface area contributed by atoms with Gasteiger partial charge in [-0.3, -0.25) is 4.99 Å². The van der Waals surface area contributed by atoms with Gasteiger partial charge in [0.15, 0.2) is 0 Å². The zero-order valence-electron chi connectivity index (χ0n) is 13.1. The van der Waals surface area contributed by atoms with Gasteiger partial charge in [-0.15, -0.1) is 0 Å². The molecule has 1 aromatic heterocycles. The summed E-state index contributed by atoms with van der Waals surface area (Å²) in [5, 5.41) is 0.745. The largest absolute Gasteiger partial charge is 0.323 e. The molecule has 0 radical (unpaired) electrons. The summed E-state index contributed by atoms with van der Waals surface area (Å²) < 4.78 is 2.06. The van der Waals surface area contributed by atoms with Gasteiger partial charge in [0.2, 0.25) is 0 Å². The molecular formula is C20H19ClN2. The minimum Gasteiger partial charge on any atom is -0.323 e. The Balaban J connectivity index is 1.81. The van der Waals surface area contributed by atoms with Gasteiger partial charge >= 0.3 is 0 Å². The van der Waals surface area contributed by atoms with E-state index in [4.69, 9.17) is 11.6 Å². The van der Waals surface area contributed by atoms with E-state index in [1.807, 2.05) is 42.9 Å². The number of rotatable bonds is 5. The molecule has 0 aliphatic carbocycles. The fourth-order valence-electron chi connectivity index (χ4n) is 2.52. The van der Waals surface area contributed by atoms with Crippen LogP contribution in [0.1, 0.15) is 23.6 Å². The Morgan fingerprint density at radius 2 is 1.74 bits per heavy atom. The summed E-state index contributed by atoms with van der Waals surface area (Å²) in [5.74, 6) is 0. The number of aromatic nitrogens is 1. The number of hydrogen-bond donors (Lipinski definition) is 0. The summed E-state index contributed by atoms with van der Waals surface area (Å²) in [5.41, 5.74) is 4.55. The van der Waals surface area contributed by atoms with Gasteiger partial charge in [0.05, 0.1) is 12.2 Å². The molecule has 0 saturated carbocycles. The molecule has 1 heterocycles. The Bertz CT molecular complexity index is 787. The van der Waals surface area contributed by atoms with Crippen molar-refractivity contribution < 1.29 is 0 Å². The molecule has 2 nitrogen and oxygen atoms in total. The van der Waals surface area contributed by atoms with Crippen molar-refractivity contribution in [3.05, 3.63) is 88.7 Å². The third kappa shape index (κ3) is 3.72. The number of hydrogen-bond acceptors (Lipinski definition) is 1. The predicted octanol–water partition coefficient (Wildman–Crippen LogP) is 5.31. The molecule has 0 unspecified atom stereocenters. The third-order valence-corrected chi connectivity index (χ3v) is 4.21. The van der Waals surface area contributed by atoms with Crippen LogP contribution >= 0.6 is 11.6 Å². The highest BCUT2D eigenvalue weighted by Crippen LogP contribution is 2.24. The summed E-state index contributed by atoms with van der Waals surface area (Å²) in [4.78, 5) is 4.58. The van der Waals surface area contributed by atoms with Gasteiger partial charge < -0.3 is 4.57 Å². The summed E-state index contributed by atoms with van der Waals surface area (Å²) in [7, 11) is 0.